The molecule has 0 bridgehead atoms. The first-order valence-electron chi connectivity index (χ1n) is 12.9. The summed E-state index contributed by atoms with van der Waals surface area (Å²) < 4.78 is 6.77. The van der Waals surface area contributed by atoms with Crippen molar-refractivity contribution >= 4 is 0 Å². The van der Waals surface area contributed by atoms with Crippen LogP contribution >= 0.6 is 0 Å². The highest BCUT2D eigenvalue weighted by atomic mass is 16.5. The molecule has 0 aliphatic carbocycles. The molecule has 0 N–H and O–H groups in total. The summed E-state index contributed by atoms with van der Waals surface area (Å²) in [6.45, 7) is 4.66. The van der Waals surface area contributed by atoms with E-state index in [1.807, 2.05) is 0 Å². The van der Waals surface area contributed by atoms with Gasteiger partial charge >= 0.3 is 0 Å². The lowest BCUT2D eigenvalue weighted by Gasteiger charge is -2.27. The van der Waals surface area contributed by atoms with E-state index in [1.165, 1.54) is 77.3 Å². The van der Waals surface area contributed by atoms with Crippen molar-refractivity contribution in [2.75, 3.05) is 82.6 Å². The third-order valence-electron chi connectivity index (χ3n) is 5.94. The van der Waals surface area contributed by atoms with Gasteiger partial charge in [0, 0.05) is 0 Å². The average Bonchev–Trinajstić information content (AvgIpc) is 2.67. The second-order valence-corrected chi connectivity index (χ2v) is 10.6. The van der Waals surface area contributed by atoms with Gasteiger partial charge < -0.3 is 24.3 Å². The van der Waals surface area contributed by atoms with Crippen molar-refractivity contribution in [3.63, 3.8) is 0 Å². The Balaban J connectivity index is 4.47. The lowest BCUT2D eigenvalue weighted by atomic mass is 10.0. The predicted molar refractivity (Wildman–Crippen MR) is 138 cm³/mol. The van der Waals surface area contributed by atoms with Crippen molar-refractivity contribution in [2.24, 2.45) is 0 Å². The summed E-state index contributed by atoms with van der Waals surface area (Å²) in [5.41, 5.74) is 0. The van der Waals surface area contributed by atoms with Crippen LogP contribution in [0.25, 0.3) is 0 Å². The number of hydrogen-bond acceptors (Lipinski definition) is 5. The third kappa shape index (κ3) is 22.8. The van der Waals surface area contributed by atoms with E-state index in [-0.39, 0.29) is 0 Å². The number of nitrogens with zero attached hydrogens (tertiary/aromatic N) is 4. The predicted octanol–water partition coefficient (Wildman–Crippen LogP) is 4.67. The van der Waals surface area contributed by atoms with Gasteiger partial charge in [0.05, 0.1) is 12.2 Å². The molecular weight excluding hydrogens is 384 g/mol. The van der Waals surface area contributed by atoms with Crippen LogP contribution in [-0.2, 0) is 4.74 Å². The van der Waals surface area contributed by atoms with Crippen molar-refractivity contribution in [3.8, 4) is 0 Å². The zero-order valence-electron chi connectivity index (χ0n) is 22.7. The minimum absolute atomic E-state index is 0.414. The van der Waals surface area contributed by atoms with Gasteiger partial charge in [0.1, 0.15) is 0 Å². The molecule has 0 aromatic heterocycles. The number of rotatable bonds is 22. The van der Waals surface area contributed by atoms with Gasteiger partial charge in [0.25, 0.3) is 0 Å². The molecule has 0 radical (unpaired) electrons. The van der Waals surface area contributed by atoms with Crippen LogP contribution in [-0.4, -0.2) is 114 Å². The number of hydrogen-bond donors (Lipinski definition) is 0. The monoisotopic (exact) mass is 442 g/mol. The van der Waals surface area contributed by atoms with Gasteiger partial charge in [0.15, 0.2) is 0 Å². The van der Waals surface area contributed by atoms with E-state index in [0.717, 1.165) is 25.9 Å². The summed E-state index contributed by atoms with van der Waals surface area (Å²) in [7, 11) is 17.4. The zero-order chi connectivity index (χ0) is 23.5. The summed E-state index contributed by atoms with van der Waals surface area (Å²) in [6.07, 6.45) is 16.2. The lowest BCUT2D eigenvalue weighted by Crippen LogP contribution is -2.29. The minimum atomic E-state index is 0.414. The van der Waals surface area contributed by atoms with Crippen LogP contribution < -0.4 is 0 Å². The molecule has 31 heavy (non-hydrogen) atoms. The molecule has 5 heteroatoms. The van der Waals surface area contributed by atoms with E-state index < -0.39 is 0 Å². The van der Waals surface area contributed by atoms with E-state index in [0.29, 0.717) is 12.2 Å². The van der Waals surface area contributed by atoms with E-state index in [9.17, 15) is 0 Å². The van der Waals surface area contributed by atoms with Crippen LogP contribution in [0.15, 0.2) is 0 Å². The maximum absolute atomic E-state index is 6.77. The van der Waals surface area contributed by atoms with Crippen LogP contribution in [0.4, 0.5) is 0 Å². The summed E-state index contributed by atoms with van der Waals surface area (Å²) in [5, 5.41) is 0. The lowest BCUT2D eigenvalue weighted by molar-refractivity contribution is -0.0348. The topological polar surface area (TPSA) is 22.2 Å². The van der Waals surface area contributed by atoms with E-state index in [1.54, 1.807) is 0 Å². The fourth-order valence-electron chi connectivity index (χ4n) is 3.94. The van der Waals surface area contributed by atoms with Gasteiger partial charge in [-0.25, -0.2) is 0 Å². The Hall–Kier alpha value is -0.200. The number of unbranched alkanes of at least 4 members (excludes halogenated alkanes) is 6. The third-order valence-corrected chi connectivity index (χ3v) is 5.94. The SMILES string of the molecule is CN(C)CCCCCCC(CCN(C)C)OC(CCCCCCN(C)C)CCN(C)C. The molecule has 0 fully saturated rings. The van der Waals surface area contributed by atoms with Gasteiger partial charge in [-0.3, -0.25) is 0 Å². The molecule has 0 aliphatic heterocycles. The van der Waals surface area contributed by atoms with Gasteiger partial charge in [0.2, 0.25) is 0 Å². The average molecular weight is 443 g/mol. The highest BCUT2D eigenvalue weighted by Gasteiger charge is 2.17. The van der Waals surface area contributed by atoms with Crippen LogP contribution in [0.1, 0.15) is 77.0 Å². The summed E-state index contributed by atoms with van der Waals surface area (Å²) in [4.78, 5) is 9.18. The summed E-state index contributed by atoms with van der Waals surface area (Å²) >= 11 is 0. The van der Waals surface area contributed by atoms with Crippen molar-refractivity contribution in [3.05, 3.63) is 0 Å². The van der Waals surface area contributed by atoms with Crippen molar-refractivity contribution in [2.45, 2.75) is 89.3 Å². The second-order valence-electron chi connectivity index (χ2n) is 10.6. The maximum Gasteiger partial charge on any atom is 0.0591 e. The molecular formula is C26H58N4O. The second kappa shape index (κ2) is 20.4. The number of ether oxygens (including phenoxy) is 1. The molecule has 2 unspecified atom stereocenters. The first-order valence-corrected chi connectivity index (χ1v) is 12.9. The van der Waals surface area contributed by atoms with Gasteiger partial charge in [-0.2, -0.15) is 0 Å². The van der Waals surface area contributed by atoms with Crippen molar-refractivity contribution in [1.29, 1.82) is 0 Å². The van der Waals surface area contributed by atoms with Crippen LogP contribution in [0, 0.1) is 0 Å². The first-order chi connectivity index (χ1) is 14.7. The molecule has 0 saturated heterocycles. The van der Waals surface area contributed by atoms with E-state index in [4.69, 9.17) is 4.74 Å². The highest BCUT2D eigenvalue weighted by Crippen LogP contribution is 2.19. The molecule has 0 aliphatic rings. The van der Waals surface area contributed by atoms with E-state index >= 15 is 0 Å². The Morgan fingerprint density at radius 3 is 1.03 bits per heavy atom. The normalized spacial score (nSPS) is 14.3. The molecule has 0 amide bonds. The fourth-order valence-corrected chi connectivity index (χ4v) is 3.94. The molecule has 188 valence electrons. The Kier molecular flexibility index (Phi) is 20.3. The van der Waals surface area contributed by atoms with E-state index in [2.05, 4.69) is 76.0 Å². The Labute approximate surface area is 196 Å². The fraction of sp³-hybridized carbons (Fsp3) is 1.00. The molecule has 0 aromatic rings. The quantitative estimate of drug-likeness (QED) is 0.227. The summed E-state index contributed by atoms with van der Waals surface area (Å²) in [5.74, 6) is 0. The maximum atomic E-state index is 6.77. The largest absolute Gasteiger partial charge is 0.375 e. The van der Waals surface area contributed by atoms with Gasteiger partial charge in [-0.1, -0.05) is 38.5 Å². The highest BCUT2D eigenvalue weighted by molar-refractivity contribution is 4.68. The molecule has 2 atom stereocenters. The van der Waals surface area contributed by atoms with Crippen LogP contribution in [0.5, 0.6) is 0 Å². The molecule has 0 aromatic carbocycles. The van der Waals surface area contributed by atoms with Gasteiger partial charge in [-0.05, 0) is 121 Å². The molecule has 0 heterocycles. The standard InChI is InChI=1S/C26H58N4O/c1-27(2)21-15-11-9-13-17-25(19-23-29(5)6)31-26(20-24-30(7)8)18-14-10-12-16-22-28(3)4/h25-26H,9-24H2,1-8H3. The molecule has 0 saturated carbocycles. The molecule has 0 spiro atoms. The first kappa shape index (κ1) is 30.8. The Morgan fingerprint density at radius 1 is 0.387 bits per heavy atom. The summed E-state index contributed by atoms with van der Waals surface area (Å²) in [6, 6.07) is 0. The Bertz CT molecular complexity index is 340. The molecule has 0 rings (SSSR count). The smallest absolute Gasteiger partial charge is 0.0591 e. The minimum Gasteiger partial charge on any atom is -0.375 e. The van der Waals surface area contributed by atoms with Crippen LogP contribution in [0.3, 0.4) is 0 Å². The van der Waals surface area contributed by atoms with Crippen molar-refractivity contribution in [1.82, 2.24) is 19.6 Å². The van der Waals surface area contributed by atoms with Crippen molar-refractivity contribution < 1.29 is 4.74 Å². The Morgan fingerprint density at radius 2 is 0.710 bits per heavy atom. The van der Waals surface area contributed by atoms with Gasteiger partial charge in [-0.15, -0.1) is 0 Å². The zero-order valence-corrected chi connectivity index (χ0v) is 22.7. The molecule has 5 nitrogen and oxygen atoms in total. The van der Waals surface area contributed by atoms with Crippen LogP contribution in [0.2, 0.25) is 0 Å².